The SMILES string of the molecule is COC(C)c1ccccc1C1(N)CCCC1. The summed E-state index contributed by atoms with van der Waals surface area (Å²) in [5, 5.41) is 0. The fraction of sp³-hybridized carbons (Fsp3) is 0.571. The zero-order valence-electron chi connectivity index (χ0n) is 10.2. The van der Waals surface area contributed by atoms with Crippen molar-refractivity contribution < 1.29 is 4.74 Å². The Morgan fingerprint density at radius 2 is 1.88 bits per heavy atom. The summed E-state index contributed by atoms with van der Waals surface area (Å²) in [5.74, 6) is 0. The van der Waals surface area contributed by atoms with Gasteiger partial charge in [-0.05, 0) is 30.9 Å². The monoisotopic (exact) mass is 219 g/mol. The van der Waals surface area contributed by atoms with Gasteiger partial charge in [0.1, 0.15) is 0 Å². The van der Waals surface area contributed by atoms with Crippen molar-refractivity contribution in [2.24, 2.45) is 5.73 Å². The maximum absolute atomic E-state index is 6.52. The smallest absolute Gasteiger partial charge is 0.0796 e. The van der Waals surface area contributed by atoms with Gasteiger partial charge < -0.3 is 10.5 Å². The lowest BCUT2D eigenvalue weighted by Gasteiger charge is -2.28. The van der Waals surface area contributed by atoms with Crippen molar-refractivity contribution in [3.63, 3.8) is 0 Å². The molecule has 0 bridgehead atoms. The van der Waals surface area contributed by atoms with E-state index in [2.05, 4.69) is 31.2 Å². The van der Waals surface area contributed by atoms with E-state index in [1.165, 1.54) is 24.0 Å². The van der Waals surface area contributed by atoms with Gasteiger partial charge in [0, 0.05) is 12.6 Å². The van der Waals surface area contributed by atoms with Crippen molar-refractivity contribution >= 4 is 0 Å². The molecule has 0 spiro atoms. The van der Waals surface area contributed by atoms with Crippen LogP contribution in [0.5, 0.6) is 0 Å². The van der Waals surface area contributed by atoms with Crippen LogP contribution in [0.4, 0.5) is 0 Å². The molecule has 2 rings (SSSR count). The molecule has 1 atom stereocenters. The van der Waals surface area contributed by atoms with E-state index < -0.39 is 0 Å². The number of methoxy groups -OCH3 is 1. The van der Waals surface area contributed by atoms with Gasteiger partial charge in [-0.2, -0.15) is 0 Å². The highest BCUT2D eigenvalue weighted by atomic mass is 16.5. The zero-order valence-corrected chi connectivity index (χ0v) is 10.2. The summed E-state index contributed by atoms with van der Waals surface area (Å²) < 4.78 is 5.43. The second kappa shape index (κ2) is 4.56. The van der Waals surface area contributed by atoms with E-state index in [0.717, 1.165) is 12.8 Å². The maximum Gasteiger partial charge on any atom is 0.0796 e. The molecule has 1 unspecified atom stereocenters. The molecule has 0 saturated heterocycles. The molecule has 2 nitrogen and oxygen atoms in total. The molecule has 1 aliphatic carbocycles. The molecule has 0 radical (unpaired) electrons. The Balaban J connectivity index is 2.39. The molecule has 2 N–H and O–H groups in total. The number of ether oxygens (including phenoxy) is 1. The normalized spacial score (nSPS) is 20.9. The molecule has 1 aromatic carbocycles. The van der Waals surface area contributed by atoms with Crippen LogP contribution in [0.25, 0.3) is 0 Å². The van der Waals surface area contributed by atoms with Gasteiger partial charge in [0.05, 0.1) is 6.10 Å². The third-order valence-corrected chi connectivity index (χ3v) is 3.78. The van der Waals surface area contributed by atoms with Crippen molar-refractivity contribution in [3.8, 4) is 0 Å². The first-order valence-electron chi connectivity index (χ1n) is 6.08. The first kappa shape index (κ1) is 11.6. The number of hydrogen-bond donors (Lipinski definition) is 1. The quantitative estimate of drug-likeness (QED) is 0.847. The van der Waals surface area contributed by atoms with Gasteiger partial charge in [0.2, 0.25) is 0 Å². The third kappa shape index (κ3) is 2.00. The Morgan fingerprint density at radius 1 is 1.25 bits per heavy atom. The molecule has 0 amide bonds. The second-order valence-electron chi connectivity index (χ2n) is 4.83. The van der Waals surface area contributed by atoms with Gasteiger partial charge in [0.15, 0.2) is 0 Å². The van der Waals surface area contributed by atoms with E-state index in [1.54, 1.807) is 7.11 Å². The molecule has 0 aliphatic heterocycles. The molecular weight excluding hydrogens is 198 g/mol. The van der Waals surface area contributed by atoms with Crippen LogP contribution in [0.3, 0.4) is 0 Å². The highest BCUT2D eigenvalue weighted by molar-refractivity contribution is 5.35. The van der Waals surface area contributed by atoms with Crippen molar-refractivity contribution in [2.45, 2.75) is 44.2 Å². The first-order chi connectivity index (χ1) is 7.67. The van der Waals surface area contributed by atoms with Crippen LogP contribution in [-0.4, -0.2) is 7.11 Å². The first-order valence-corrected chi connectivity index (χ1v) is 6.08. The van der Waals surface area contributed by atoms with Gasteiger partial charge in [-0.25, -0.2) is 0 Å². The van der Waals surface area contributed by atoms with Crippen molar-refractivity contribution in [1.29, 1.82) is 0 Å². The van der Waals surface area contributed by atoms with Crippen LogP contribution in [0.2, 0.25) is 0 Å². The fourth-order valence-electron chi connectivity index (χ4n) is 2.71. The minimum atomic E-state index is -0.122. The number of rotatable bonds is 3. The molecule has 0 aromatic heterocycles. The molecule has 2 heteroatoms. The van der Waals surface area contributed by atoms with Crippen LogP contribution in [-0.2, 0) is 10.3 Å². The van der Waals surface area contributed by atoms with Gasteiger partial charge in [-0.1, -0.05) is 37.1 Å². The Kier molecular flexibility index (Phi) is 3.31. The summed E-state index contributed by atoms with van der Waals surface area (Å²) in [6.45, 7) is 2.08. The molecule has 1 fully saturated rings. The minimum absolute atomic E-state index is 0.122. The molecular formula is C14H21NO. The Labute approximate surface area is 97.8 Å². The summed E-state index contributed by atoms with van der Waals surface area (Å²) in [6, 6.07) is 8.44. The van der Waals surface area contributed by atoms with Crippen LogP contribution in [0.1, 0.15) is 49.8 Å². The Bertz CT molecular complexity index is 356. The lowest BCUT2D eigenvalue weighted by molar-refractivity contribution is 0.117. The average Bonchev–Trinajstić information content (AvgIpc) is 2.76. The van der Waals surface area contributed by atoms with E-state index in [4.69, 9.17) is 10.5 Å². The highest BCUT2D eigenvalue weighted by Crippen LogP contribution is 2.39. The van der Waals surface area contributed by atoms with Crippen LogP contribution in [0.15, 0.2) is 24.3 Å². The van der Waals surface area contributed by atoms with E-state index in [9.17, 15) is 0 Å². The summed E-state index contributed by atoms with van der Waals surface area (Å²) >= 11 is 0. The number of nitrogens with two attached hydrogens (primary N) is 1. The second-order valence-corrected chi connectivity index (χ2v) is 4.83. The molecule has 1 saturated carbocycles. The Morgan fingerprint density at radius 3 is 2.50 bits per heavy atom. The lowest BCUT2D eigenvalue weighted by Crippen LogP contribution is -2.34. The van der Waals surface area contributed by atoms with E-state index in [0.29, 0.717) is 0 Å². The van der Waals surface area contributed by atoms with Crippen molar-refractivity contribution in [2.75, 3.05) is 7.11 Å². The van der Waals surface area contributed by atoms with Gasteiger partial charge in [-0.15, -0.1) is 0 Å². The standard InChI is InChI=1S/C14H21NO/c1-11(16-2)12-7-3-4-8-13(12)14(15)9-5-6-10-14/h3-4,7-8,11H,5-6,9-10,15H2,1-2H3. The maximum atomic E-state index is 6.52. The molecule has 1 aliphatic rings. The van der Waals surface area contributed by atoms with Crippen molar-refractivity contribution in [1.82, 2.24) is 0 Å². The van der Waals surface area contributed by atoms with E-state index in [1.807, 2.05) is 0 Å². The van der Waals surface area contributed by atoms with Crippen LogP contribution < -0.4 is 5.73 Å². The highest BCUT2D eigenvalue weighted by Gasteiger charge is 2.33. The molecule has 88 valence electrons. The van der Waals surface area contributed by atoms with E-state index >= 15 is 0 Å². The van der Waals surface area contributed by atoms with Gasteiger partial charge in [0.25, 0.3) is 0 Å². The van der Waals surface area contributed by atoms with Crippen molar-refractivity contribution in [3.05, 3.63) is 35.4 Å². The minimum Gasteiger partial charge on any atom is -0.377 e. The topological polar surface area (TPSA) is 35.2 Å². The summed E-state index contributed by atoms with van der Waals surface area (Å²) in [6.07, 6.45) is 4.80. The molecule has 0 heterocycles. The van der Waals surface area contributed by atoms with Crippen LogP contribution in [0, 0.1) is 0 Å². The van der Waals surface area contributed by atoms with E-state index in [-0.39, 0.29) is 11.6 Å². The predicted molar refractivity (Wildman–Crippen MR) is 66.2 cm³/mol. The largest absolute Gasteiger partial charge is 0.377 e. The molecule has 1 aromatic rings. The number of hydrogen-bond acceptors (Lipinski definition) is 2. The fourth-order valence-corrected chi connectivity index (χ4v) is 2.71. The third-order valence-electron chi connectivity index (χ3n) is 3.78. The summed E-state index contributed by atoms with van der Waals surface area (Å²) in [4.78, 5) is 0. The number of benzene rings is 1. The molecule has 16 heavy (non-hydrogen) atoms. The van der Waals surface area contributed by atoms with Gasteiger partial charge >= 0.3 is 0 Å². The Hall–Kier alpha value is -0.860. The summed E-state index contributed by atoms with van der Waals surface area (Å²) in [7, 11) is 1.75. The average molecular weight is 219 g/mol. The lowest BCUT2D eigenvalue weighted by atomic mass is 9.84. The van der Waals surface area contributed by atoms with Gasteiger partial charge in [-0.3, -0.25) is 0 Å². The summed E-state index contributed by atoms with van der Waals surface area (Å²) in [5.41, 5.74) is 8.92. The van der Waals surface area contributed by atoms with Crippen LogP contribution >= 0.6 is 0 Å². The zero-order chi connectivity index (χ0) is 11.6. The predicted octanol–water partition coefficient (Wildman–Crippen LogP) is 3.12.